The van der Waals surface area contributed by atoms with Gasteiger partial charge in [0.05, 0.1) is 10.6 Å². The highest BCUT2D eigenvalue weighted by Crippen LogP contribution is 2.17. The smallest absolute Gasteiger partial charge is 0.253 e. The van der Waals surface area contributed by atoms with Crippen LogP contribution >= 0.6 is 11.6 Å². The molecule has 5 heteroatoms. The molecule has 2 aromatic rings. The van der Waals surface area contributed by atoms with Gasteiger partial charge in [-0.2, -0.15) is 0 Å². The summed E-state index contributed by atoms with van der Waals surface area (Å²) < 4.78 is 0. The third kappa shape index (κ3) is 3.83. The molecular formula is C16H15ClN2O2. The molecule has 108 valence electrons. The molecule has 0 saturated heterocycles. The van der Waals surface area contributed by atoms with Crippen molar-refractivity contribution in [2.24, 2.45) is 5.73 Å². The Morgan fingerprint density at radius 2 is 1.81 bits per heavy atom. The summed E-state index contributed by atoms with van der Waals surface area (Å²) in [5.41, 5.74) is 7.92. The second-order valence-electron chi connectivity index (χ2n) is 4.73. The van der Waals surface area contributed by atoms with Crippen LogP contribution in [0.15, 0.2) is 42.5 Å². The number of hydrogen-bond donors (Lipinski definition) is 2. The second kappa shape index (κ2) is 6.41. The lowest BCUT2D eigenvalue weighted by molar-refractivity contribution is 0.0949. The lowest BCUT2D eigenvalue weighted by atomic mass is 10.1. The Balaban J connectivity index is 2.02. The minimum Gasteiger partial charge on any atom is -0.366 e. The fraction of sp³-hybridized carbons (Fsp3) is 0.125. The van der Waals surface area contributed by atoms with E-state index in [1.807, 2.05) is 13.0 Å². The number of halogens is 1. The molecule has 0 aliphatic heterocycles. The number of amides is 2. The van der Waals surface area contributed by atoms with Gasteiger partial charge in [-0.1, -0.05) is 29.8 Å². The Kier molecular flexibility index (Phi) is 4.60. The van der Waals surface area contributed by atoms with E-state index in [0.717, 1.165) is 11.1 Å². The first-order chi connectivity index (χ1) is 9.97. The Morgan fingerprint density at radius 3 is 2.38 bits per heavy atom. The van der Waals surface area contributed by atoms with E-state index >= 15 is 0 Å². The Hall–Kier alpha value is -2.33. The highest BCUT2D eigenvalue weighted by molar-refractivity contribution is 6.33. The van der Waals surface area contributed by atoms with E-state index in [9.17, 15) is 9.59 Å². The van der Waals surface area contributed by atoms with E-state index in [-0.39, 0.29) is 5.91 Å². The molecule has 0 bridgehead atoms. The van der Waals surface area contributed by atoms with Gasteiger partial charge in [0.2, 0.25) is 5.91 Å². The van der Waals surface area contributed by atoms with Gasteiger partial charge in [-0.25, -0.2) is 0 Å². The monoisotopic (exact) mass is 302 g/mol. The third-order valence-corrected chi connectivity index (χ3v) is 3.37. The molecule has 0 aliphatic rings. The fourth-order valence-electron chi connectivity index (χ4n) is 1.87. The summed E-state index contributed by atoms with van der Waals surface area (Å²) in [6.45, 7) is 2.26. The molecular weight excluding hydrogens is 288 g/mol. The predicted octanol–water partition coefficient (Wildman–Crippen LogP) is 2.68. The van der Waals surface area contributed by atoms with Crippen LogP contribution in [0, 0.1) is 6.92 Å². The van der Waals surface area contributed by atoms with Crippen molar-refractivity contribution in [2.75, 3.05) is 0 Å². The van der Waals surface area contributed by atoms with Crippen LogP contribution in [0.4, 0.5) is 0 Å². The summed E-state index contributed by atoms with van der Waals surface area (Å²) in [7, 11) is 0. The molecule has 0 unspecified atom stereocenters. The molecule has 3 N–H and O–H groups in total. The fourth-order valence-corrected chi connectivity index (χ4v) is 2.19. The molecule has 0 aromatic heterocycles. The maximum absolute atomic E-state index is 12.1. The van der Waals surface area contributed by atoms with E-state index in [4.69, 9.17) is 17.3 Å². The summed E-state index contributed by atoms with van der Waals surface area (Å²) in [6, 6.07) is 12.0. The largest absolute Gasteiger partial charge is 0.366 e. The van der Waals surface area contributed by atoms with Crippen LogP contribution in [0.3, 0.4) is 0 Å². The number of carbonyl (C=O) groups excluding carboxylic acids is 2. The topological polar surface area (TPSA) is 72.2 Å². The first-order valence-electron chi connectivity index (χ1n) is 6.40. The lowest BCUT2D eigenvalue weighted by Crippen LogP contribution is -2.23. The van der Waals surface area contributed by atoms with Crippen molar-refractivity contribution in [3.05, 3.63) is 69.7 Å². The van der Waals surface area contributed by atoms with E-state index in [1.165, 1.54) is 0 Å². The van der Waals surface area contributed by atoms with Crippen LogP contribution in [-0.4, -0.2) is 11.8 Å². The number of benzene rings is 2. The summed E-state index contributed by atoms with van der Waals surface area (Å²) in [6.07, 6.45) is 0. The SMILES string of the molecule is Cc1ccc(C(=O)NCc2ccc(C(N)=O)cc2)c(Cl)c1. The average molecular weight is 303 g/mol. The molecule has 2 rings (SSSR count). The number of nitrogens with two attached hydrogens (primary N) is 1. The van der Waals surface area contributed by atoms with E-state index in [2.05, 4.69) is 5.32 Å². The molecule has 21 heavy (non-hydrogen) atoms. The number of carbonyl (C=O) groups is 2. The Labute approximate surface area is 127 Å². The molecule has 0 atom stereocenters. The molecule has 2 amide bonds. The first kappa shape index (κ1) is 15.1. The summed E-state index contributed by atoms with van der Waals surface area (Å²) in [5, 5.41) is 3.21. The maximum Gasteiger partial charge on any atom is 0.253 e. The van der Waals surface area contributed by atoms with Crippen molar-refractivity contribution >= 4 is 23.4 Å². The number of hydrogen-bond acceptors (Lipinski definition) is 2. The van der Waals surface area contributed by atoms with Gasteiger partial charge in [-0.05, 0) is 42.3 Å². The average Bonchev–Trinajstić information content (AvgIpc) is 2.45. The zero-order chi connectivity index (χ0) is 15.4. The molecule has 0 radical (unpaired) electrons. The quantitative estimate of drug-likeness (QED) is 0.911. The van der Waals surface area contributed by atoms with Crippen molar-refractivity contribution in [3.63, 3.8) is 0 Å². The first-order valence-corrected chi connectivity index (χ1v) is 6.78. The van der Waals surface area contributed by atoms with Crippen LogP contribution in [0.25, 0.3) is 0 Å². The van der Waals surface area contributed by atoms with Gasteiger partial charge in [0.25, 0.3) is 5.91 Å². The summed E-state index contributed by atoms with van der Waals surface area (Å²) in [4.78, 5) is 23.0. The zero-order valence-electron chi connectivity index (χ0n) is 11.5. The highest BCUT2D eigenvalue weighted by Gasteiger charge is 2.10. The van der Waals surface area contributed by atoms with Crippen molar-refractivity contribution in [2.45, 2.75) is 13.5 Å². The minimum absolute atomic E-state index is 0.237. The van der Waals surface area contributed by atoms with Gasteiger partial charge in [0, 0.05) is 12.1 Å². The molecule has 0 aliphatic carbocycles. The van der Waals surface area contributed by atoms with Gasteiger partial charge in [0.1, 0.15) is 0 Å². The van der Waals surface area contributed by atoms with Crippen LogP contribution in [0.1, 0.15) is 31.8 Å². The van der Waals surface area contributed by atoms with Crippen molar-refractivity contribution in [1.82, 2.24) is 5.32 Å². The standard InChI is InChI=1S/C16H15ClN2O2/c1-10-2-7-13(14(17)8-10)16(21)19-9-11-3-5-12(6-4-11)15(18)20/h2-8H,9H2,1H3,(H2,18,20)(H,19,21). The second-order valence-corrected chi connectivity index (χ2v) is 5.13. The van der Waals surface area contributed by atoms with Gasteiger partial charge < -0.3 is 11.1 Å². The normalized spacial score (nSPS) is 10.2. The predicted molar refractivity (Wildman–Crippen MR) is 82.3 cm³/mol. The maximum atomic E-state index is 12.1. The summed E-state index contributed by atoms with van der Waals surface area (Å²) in [5.74, 6) is -0.712. The number of nitrogens with one attached hydrogen (secondary N) is 1. The Morgan fingerprint density at radius 1 is 1.14 bits per heavy atom. The number of aryl methyl sites for hydroxylation is 1. The highest BCUT2D eigenvalue weighted by atomic mass is 35.5. The van der Waals surface area contributed by atoms with Crippen molar-refractivity contribution in [3.8, 4) is 0 Å². The van der Waals surface area contributed by atoms with Crippen LogP contribution in [0.5, 0.6) is 0 Å². The van der Waals surface area contributed by atoms with E-state index < -0.39 is 5.91 Å². The summed E-state index contributed by atoms with van der Waals surface area (Å²) >= 11 is 6.05. The molecule has 0 saturated carbocycles. The van der Waals surface area contributed by atoms with Gasteiger partial charge in [-0.15, -0.1) is 0 Å². The third-order valence-electron chi connectivity index (χ3n) is 3.06. The van der Waals surface area contributed by atoms with Crippen molar-refractivity contribution < 1.29 is 9.59 Å². The molecule has 4 nitrogen and oxygen atoms in total. The van der Waals surface area contributed by atoms with E-state index in [1.54, 1.807) is 36.4 Å². The molecule has 0 spiro atoms. The van der Waals surface area contributed by atoms with Crippen molar-refractivity contribution in [1.29, 1.82) is 0 Å². The molecule has 2 aromatic carbocycles. The van der Waals surface area contributed by atoms with E-state index in [0.29, 0.717) is 22.7 Å². The number of primary amides is 1. The molecule has 0 heterocycles. The van der Waals surface area contributed by atoms with Crippen LogP contribution in [0.2, 0.25) is 5.02 Å². The van der Waals surface area contributed by atoms with Gasteiger partial charge in [0.15, 0.2) is 0 Å². The zero-order valence-corrected chi connectivity index (χ0v) is 12.3. The number of rotatable bonds is 4. The van der Waals surface area contributed by atoms with Gasteiger partial charge >= 0.3 is 0 Å². The van der Waals surface area contributed by atoms with Crippen LogP contribution < -0.4 is 11.1 Å². The Bertz CT molecular complexity index is 681. The van der Waals surface area contributed by atoms with Crippen LogP contribution in [-0.2, 0) is 6.54 Å². The molecule has 0 fully saturated rings. The lowest BCUT2D eigenvalue weighted by Gasteiger charge is -2.08. The minimum atomic E-state index is -0.475. The van der Waals surface area contributed by atoms with Gasteiger partial charge in [-0.3, -0.25) is 9.59 Å².